The van der Waals surface area contributed by atoms with Crippen LogP contribution in [0.1, 0.15) is 40.5 Å². The van der Waals surface area contributed by atoms with Gasteiger partial charge in [-0.05, 0) is 30.7 Å². The van der Waals surface area contributed by atoms with Crippen LogP contribution in [0.3, 0.4) is 0 Å². The summed E-state index contributed by atoms with van der Waals surface area (Å²) >= 11 is 0. The Bertz CT molecular complexity index is 335. The van der Waals surface area contributed by atoms with Gasteiger partial charge in [0.05, 0.1) is 17.6 Å². The molecule has 0 aliphatic heterocycles. The first-order valence-corrected chi connectivity index (χ1v) is 6.95. The molecule has 1 rings (SSSR count). The molecule has 0 spiro atoms. The van der Waals surface area contributed by atoms with Gasteiger partial charge in [-0.25, -0.2) is 0 Å². The van der Waals surface area contributed by atoms with Crippen molar-refractivity contribution in [2.24, 2.45) is 11.8 Å². The number of nitrogens with zero attached hydrogens (tertiary/aromatic N) is 2. The molecule has 1 heterocycles. The van der Waals surface area contributed by atoms with Gasteiger partial charge in [0.2, 0.25) is 0 Å². The Kier molecular flexibility index (Phi) is 5.96. The van der Waals surface area contributed by atoms with Gasteiger partial charge in [-0.15, -0.1) is 0 Å². The maximum Gasteiger partial charge on any atom is 0.0738 e. The lowest BCUT2D eigenvalue weighted by atomic mass is 10.1. The molecule has 0 saturated heterocycles. The Hall–Kier alpha value is -1.25. The van der Waals surface area contributed by atoms with Gasteiger partial charge in [-0.3, -0.25) is 4.98 Å². The van der Waals surface area contributed by atoms with Gasteiger partial charge in [0.1, 0.15) is 0 Å². The first kappa shape index (κ1) is 14.8. The number of hydrogen-bond acceptors (Lipinski definition) is 3. The molecule has 0 aromatic carbocycles. The number of pyridine rings is 1. The second-order valence-electron chi connectivity index (χ2n) is 5.79. The van der Waals surface area contributed by atoms with E-state index in [1.807, 2.05) is 12.3 Å². The monoisotopic (exact) mass is 249 g/mol. The molecule has 3 nitrogen and oxygen atoms in total. The molecule has 0 saturated carbocycles. The summed E-state index contributed by atoms with van der Waals surface area (Å²) < 4.78 is 0. The van der Waals surface area contributed by atoms with Gasteiger partial charge in [-0.2, -0.15) is 0 Å². The average molecular weight is 249 g/mol. The number of aromatic nitrogens is 1. The zero-order valence-corrected chi connectivity index (χ0v) is 12.2. The Morgan fingerprint density at radius 1 is 1.11 bits per heavy atom. The molecule has 102 valence electrons. The minimum absolute atomic E-state index is 0.717. The summed E-state index contributed by atoms with van der Waals surface area (Å²) in [7, 11) is 0. The SMILES string of the molecule is CC(C)CCN(CCC(C)C)c1ccncc1N. The first-order valence-electron chi connectivity index (χ1n) is 6.95. The topological polar surface area (TPSA) is 42.2 Å². The number of nitrogen functional groups attached to an aromatic ring is 1. The fraction of sp³-hybridized carbons (Fsp3) is 0.667. The van der Waals surface area contributed by atoms with Crippen LogP contribution in [-0.4, -0.2) is 18.1 Å². The number of rotatable bonds is 7. The third-order valence-corrected chi connectivity index (χ3v) is 3.12. The smallest absolute Gasteiger partial charge is 0.0738 e. The molecule has 1 aromatic rings. The van der Waals surface area contributed by atoms with E-state index in [0.717, 1.165) is 36.3 Å². The maximum atomic E-state index is 6.03. The van der Waals surface area contributed by atoms with Crippen molar-refractivity contribution in [2.45, 2.75) is 40.5 Å². The van der Waals surface area contributed by atoms with Crippen LogP contribution >= 0.6 is 0 Å². The first-order chi connectivity index (χ1) is 8.50. The lowest BCUT2D eigenvalue weighted by Crippen LogP contribution is -2.28. The Balaban J connectivity index is 2.73. The predicted molar refractivity (Wildman–Crippen MR) is 79.8 cm³/mol. The molecule has 3 heteroatoms. The van der Waals surface area contributed by atoms with Crippen LogP contribution in [0.25, 0.3) is 0 Å². The van der Waals surface area contributed by atoms with Crippen molar-refractivity contribution in [1.29, 1.82) is 0 Å². The zero-order chi connectivity index (χ0) is 13.5. The van der Waals surface area contributed by atoms with Gasteiger partial charge in [0.25, 0.3) is 0 Å². The molecule has 0 amide bonds. The van der Waals surface area contributed by atoms with Crippen molar-refractivity contribution >= 4 is 11.4 Å². The highest BCUT2D eigenvalue weighted by Gasteiger charge is 2.11. The number of anilines is 2. The summed E-state index contributed by atoms with van der Waals surface area (Å²) in [6.07, 6.45) is 5.95. The Labute approximate surface area is 111 Å². The van der Waals surface area contributed by atoms with E-state index in [2.05, 4.69) is 37.6 Å². The van der Waals surface area contributed by atoms with E-state index in [4.69, 9.17) is 5.73 Å². The lowest BCUT2D eigenvalue weighted by molar-refractivity contribution is 0.535. The molecule has 0 aliphatic carbocycles. The predicted octanol–water partition coefficient (Wildman–Crippen LogP) is 3.56. The molecule has 2 N–H and O–H groups in total. The number of nitrogens with two attached hydrogens (primary N) is 1. The highest BCUT2D eigenvalue weighted by Crippen LogP contribution is 2.23. The molecular weight excluding hydrogens is 222 g/mol. The summed E-state index contributed by atoms with van der Waals surface area (Å²) in [5.41, 5.74) is 7.94. The molecule has 0 aliphatic rings. The molecular formula is C15H27N3. The fourth-order valence-electron chi connectivity index (χ4n) is 1.87. The fourth-order valence-corrected chi connectivity index (χ4v) is 1.87. The third kappa shape index (κ3) is 4.94. The van der Waals surface area contributed by atoms with Crippen molar-refractivity contribution in [3.63, 3.8) is 0 Å². The quantitative estimate of drug-likeness (QED) is 0.803. The van der Waals surface area contributed by atoms with Crippen LogP contribution in [0.15, 0.2) is 18.5 Å². The van der Waals surface area contributed by atoms with E-state index in [-0.39, 0.29) is 0 Å². The normalized spacial score (nSPS) is 11.2. The standard InChI is InChI=1S/C15H27N3/c1-12(2)6-9-18(10-7-13(3)4)15-5-8-17-11-14(15)16/h5,8,11-13H,6-7,9-10,16H2,1-4H3. The molecule has 0 unspecified atom stereocenters. The van der Waals surface area contributed by atoms with Gasteiger partial charge < -0.3 is 10.6 Å². The second-order valence-corrected chi connectivity index (χ2v) is 5.79. The molecule has 1 aromatic heterocycles. The van der Waals surface area contributed by atoms with E-state index in [1.165, 1.54) is 12.8 Å². The average Bonchev–Trinajstić information content (AvgIpc) is 2.30. The van der Waals surface area contributed by atoms with Crippen molar-refractivity contribution < 1.29 is 0 Å². The van der Waals surface area contributed by atoms with E-state index in [1.54, 1.807) is 6.20 Å². The van der Waals surface area contributed by atoms with Crippen molar-refractivity contribution in [3.05, 3.63) is 18.5 Å². The van der Waals surface area contributed by atoms with E-state index >= 15 is 0 Å². The number of hydrogen-bond donors (Lipinski definition) is 1. The van der Waals surface area contributed by atoms with Crippen LogP contribution < -0.4 is 10.6 Å². The second kappa shape index (κ2) is 7.24. The van der Waals surface area contributed by atoms with Gasteiger partial charge in [0.15, 0.2) is 0 Å². The van der Waals surface area contributed by atoms with Crippen LogP contribution in [-0.2, 0) is 0 Å². The highest BCUT2D eigenvalue weighted by atomic mass is 15.1. The largest absolute Gasteiger partial charge is 0.396 e. The van der Waals surface area contributed by atoms with Crippen LogP contribution in [0.2, 0.25) is 0 Å². The summed E-state index contributed by atoms with van der Waals surface area (Å²) in [5.74, 6) is 1.43. The van der Waals surface area contributed by atoms with Gasteiger partial charge in [0, 0.05) is 19.3 Å². The summed E-state index contributed by atoms with van der Waals surface area (Å²) in [5, 5.41) is 0. The lowest BCUT2D eigenvalue weighted by Gasteiger charge is -2.27. The van der Waals surface area contributed by atoms with Gasteiger partial charge in [-0.1, -0.05) is 27.7 Å². The molecule has 0 atom stereocenters. The molecule has 0 bridgehead atoms. The third-order valence-electron chi connectivity index (χ3n) is 3.12. The molecule has 18 heavy (non-hydrogen) atoms. The van der Waals surface area contributed by atoms with Crippen LogP contribution in [0.4, 0.5) is 11.4 Å². The van der Waals surface area contributed by atoms with Crippen molar-refractivity contribution in [3.8, 4) is 0 Å². The van der Waals surface area contributed by atoms with Gasteiger partial charge >= 0.3 is 0 Å². The van der Waals surface area contributed by atoms with Crippen molar-refractivity contribution in [2.75, 3.05) is 23.7 Å². The van der Waals surface area contributed by atoms with Crippen molar-refractivity contribution in [1.82, 2.24) is 4.98 Å². The van der Waals surface area contributed by atoms with Crippen LogP contribution in [0, 0.1) is 11.8 Å². The van der Waals surface area contributed by atoms with E-state index < -0.39 is 0 Å². The molecule has 0 fully saturated rings. The minimum atomic E-state index is 0.717. The Morgan fingerprint density at radius 3 is 2.11 bits per heavy atom. The summed E-state index contributed by atoms with van der Waals surface area (Å²) in [4.78, 5) is 6.47. The van der Waals surface area contributed by atoms with Crippen LogP contribution in [0.5, 0.6) is 0 Å². The zero-order valence-electron chi connectivity index (χ0n) is 12.2. The minimum Gasteiger partial charge on any atom is -0.396 e. The summed E-state index contributed by atoms with van der Waals surface area (Å²) in [6, 6.07) is 2.02. The van der Waals surface area contributed by atoms with E-state index in [9.17, 15) is 0 Å². The summed E-state index contributed by atoms with van der Waals surface area (Å²) in [6.45, 7) is 11.2. The van der Waals surface area contributed by atoms with E-state index in [0.29, 0.717) is 0 Å². The Morgan fingerprint density at radius 2 is 1.67 bits per heavy atom. The highest BCUT2D eigenvalue weighted by molar-refractivity contribution is 5.65. The maximum absolute atomic E-state index is 6.03. The molecule has 0 radical (unpaired) electrons.